The Morgan fingerprint density at radius 1 is 0.923 bits per heavy atom. The summed E-state index contributed by atoms with van der Waals surface area (Å²) >= 11 is 0. The second-order valence-corrected chi connectivity index (χ2v) is 15.0. The summed E-state index contributed by atoms with van der Waals surface area (Å²) in [5.74, 6) is 1.30. The number of nitrogens with zero attached hydrogens (tertiary/aromatic N) is 5. The van der Waals surface area contributed by atoms with Crippen LogP contribution in [0, 0.1) is 0 Å². The Labute approximate surface area is 230 Å². The van der Waals surface area contributed by atoms with E-state index in [1.54, 1.807) is 6.20 Å². The van der Waals surface area contributed by atoms with Crippen molar-refractivity contribution in [2.24, 2.45) is 0 Å². The summed E-state index contributed by atoms with van der Waals surface area (Å²) in [6, 6.07) is 10.2. The van der Waals surface area contributed by atoms with E-state index >= 15 is 0 Å². The Bertz CT molecular complexity index is 1520. The molecule has 2 fully saturated rings. The van der Waals surface area contributed by atoms with Crippen LogP contribution in [0.25, 0.3) is 16.7 Å². The molecule has 0 radical (unpaired) electrons. The summed E-state index contributed by atoms with van der Waals surface area (Å²) in [6.45, 7) is 1.42. The van der Waals surface area contributed by atoms with E-state index in [1.807, 2.05) is 22.9 Å². The summed E-state index contributed by atoms with van der Waals surface area (Å²) in [5, 5.41) is 4.27. The van der Waals surface area contributed by atoms with Gasteiger partial charge in [0.25, 0.3) is 10.2 Å². The third-order valence-electron chi connectivity index (χ3n) is 7.84. The van der Waals surface area contributed by atoms with Crippen LogP contribution < -0.4 is 14.9 Å². The highest BCUT2D eigenvalue weighted by Gasteiger charge is 2.28. The van der Waals surface area contributed by atoms with Crippen LogP contribution >= 0.6 is 0 Å². The molecule has 0 amide bonds. The zero-order valence-electron chi connectivity index (χ0n) is 22.6. The topological polar surface area (TPSA) is 130 Å². The van der Waals surface area contributed by atoms with Crippen molar-refractivity contribution in [1.82, 2.24) is 23.6 Å². The number of nitrogens with one attached hydrogen (secondary N) is 2. The lowest BCUT2D eigenvalue weighted by Gasteiger charge is -2.33. The van der Waals surface area contributed by atoms with Crippen molar-refractivity contribution in [3.05, 3.63) is 42.7 Å². The van der Waals surface area contributed by atoms with Crippen molar-refractivity contribution in [2.75, 3.05) is 43.7 Å². The lowest BCUT2D eigenvalue weighted by molar-refractivity contribution is 0.378. The van der Waals surface area contributed by atoms with Crippen LogP contribution in [0.1, 0.15) is 38.5 Å². The number of sulfone groups is 1. The normalized spacial score (nSPS) is 21.5. The summed E-state index contributed by atoms with van der Waals surface area (Å²) in [4.78, 5) is 11.5. The van der Waals surface area contributed by atoms with Gasteiger partial charge in [-0.25, -0.2) is 13.4 Å². The molecule has 11 nitrogen and oxygen atoms in total. The van der Waals surface area contributed by atoms with E-state index in [2.05, 4.69) is 38.1 Å². The number of fused-ring (bicyclic) bond motifs is 1. The molecule has 39 heavy (non-hydrogen) atoms. The summed E-state index contributed by atoms with van der Waals surface area (Å²) in [6.07, 6.45) is 9.49. The second-order valence-electron chi connectivity index (χ2n) is 10.7. The Kier molecular flexibility index (Phi) is 7.86. The van der Waals surface area contributed by atoms with E-state index in [4.69, 9.17) is 4.98 Å². The first-order valence-corrected chi connectivity index (χ1v) is 16.7. The van der Waals surface area contributed by atoms with Crippen LogP contribution in [0.5, 0.6) is 0 Å². The zero-order chi connectivity index (χ0) is 27.8. The molecule has 2 aromatic heterocycles. The molecule has 5 rings (SSSR count). The Morgan fingerprint density at radius 2 is 1.62 bits per heavy atom. The van der Waals surface area contributed by atoms with Crippen molar-refractivity contribution < 1.29 is 16.8 Å². The fourth-order valence-electron chi connectivity index (χ4n) is 5.56. The van der Waals surface area contributed by atoms with E-state index < -0.39 is 20.0 Å². The monoisotopic (exact) mass is 575 g/mol. The SMILES string of the molecule is CN(C)S(=O)(=O)N[C@H]1CC[C@H](Nc2nccc(-n3ccc4c(N5CCC(S(C)(=O)=O)CC5)cccc43)n2)CC1. The van der Waals surface area contributed by atoms with Gasteiger partial charge in [0.15, 0.2) is 0 Å². The molecule has 0 spiro atoms. The lowest BCUT2D eigenvalue weighted by atomic mass is 9.92. The number of benzene rings is 1. The van der Waals surface area contributed by atoms with Crippen LogP contribution in [0.3, 0.4) is 0 Å². The van der Waals surface area contributed by atoms with Gasteiger partial charge in [0.1, 0.15) is 15.7 Å². The van der Waals surface area contributed by atoms with Gasteiger partial charge in [-0.3, -0.25) is 0 Å². The van der Waals surface area contributed by atoms with E-state index in [0.717, 1.165) is 48.1 Å². The van der Waals surface area contributed by atoms with Gasteiger partial charge in [-0.2, -0.15) is 22.4 Å². The summed E-state index contributed by atoms with van der Waals surface area (Å²) in [5.41, 5.74) is 2.13. The molecule has 2 N–H and O–H groups in total. The van der Waals surface area contributed by atoms with E-state index in [1.165, 1.54) is 24.7 Å². The van der Waals surface area contributed by atoms with Crippen molar-refractivity contribution in [3.63, 3.8) is 0 Å². The molecule has 0 atom stereocenters. The number of piperidine rings is 1. The van der Waals surface area contributed by atoms with Gasteiger partial charge in [-0.05, 0) is 62.8 Å². The molecule has 1 aliphatic heterocycles. The van der Waals surface area contributed by atoms with Gasteiger partial charge in [0, 0.05) is 69.0 Å². The number of hydrogen-bond acceptors (Lipinski definition) is 8. The van der Waals surface area contributed by atoms with Gasteiger partial charge >= 0.3 is 0 Å². The third kappa shape index (κ3) is 6.21. The van der Waals surface area contributed by atoms with Crippen LogP contribution in [0.2, 0.25) is 0 Å². The minimum atomic E-state index is -3.43. The fourth-order valence-corrected chi connectivity index (χ4v) is 7.49. The van der Waals surface area contributed by atoms with Crippen molar-refractivity contribution in [2.45, 2.75) is 55.9 Å². The number of hydrogen-bond donors (Lipinski definition) is 2. The molecule has 13 heteroatoms. The second kappa shape index (κ2) is 11.0. The number of rotatable bonds is 8. The van der Waals surface area contributed by atoms with E-state index in [9.17, 15) is 16.8 Å². The molecular formula is C26H37N7O4S2. The maximum atomic E-state index is 12.1. The van der Waals surface area contributed by atoms with Gasteiger partial charge in [-0.15, -0.1) is 0 Å². The Balaban J connectivity index is 1.27. The predicted molar refractivity (Wildman–Crippen MR) is 154 cm³/mol. The molecule has 0 bridgehead atoms. The third-order valence-corrected chi connectivity index (χ3v) is 11.1. The maximum absolute atomic E-state index is 12.1. The molecule has 212 valence electrons. The van der Waals surface area contributed by atoms with Crippen molar-refractivity contribution in [3.8, 4) is 5.82 Å². The highest BCUT2D eigenvalue weighted by Crippen LogP contribution is 2.32. The molecule has 1 aromatic carbocycles. The van der Waals surface area contributed by atoms with Crippen LogP contribution in [-0.4, -0.2) is 86.5 Å². The first-order valence-electron chi connectivity index (χ1n) is 13.3. The quantitative estimate of drug-likeness (QED) is 0.419. The zero-order valence-corrected chi connectivity index (χ0v) is 24.2. The minimum absolute atomic E-state index is 0.0692. The molecule has 1 aliphatic carbocycles. The maximum Gasteiger partial charge on any atom is 0.279 e. The summed E-state index contributed by atoms with van der Waals surface area (Å²) < 4.78 is 54.2. The molecule has 2 aliphatic rings. The fraction of sp³-hybridized carbons (Fsp3) is 0.538. The first kappa shape index (κ1) is 27.8. The lowest BCUT2D eigenvalue weighted by Crippen LogP contribution is -2.44. The highest BCUT2D eigenvalue weighted by atomic mass is 32.2. The van der Waals surface area contributed by atoms with Crippen LogP contribution in [0.4, 0.5) is 11.6 Å². The Hall–Kier alpha value is -2.74. The van der Waals surface area contributed by atoms with E-state index in [0.29, 0.717) is 31.9 Å². The molecule has 0 unspecified atom stereocenters. The first-order chi connectivity index (χ1) is 18.5. The molecule has 1 saturated heterocycles. The van der Waals surface area contributed by atoms with Gasteiger partial charge in [0.2, 0.25) is 5.95 Å². The molecule has 3 heterocycles. The van der Waals surface area contributed by atoms with Crippen molar-refractivity contribution in [1.29, 1.82) is 0 Å². The molecular weight excluding hydrogens is 538 g/mol. The van der Waals surface area contributed by atoms with Gasteiger partial charge < -0.3 is 14.8 Å². The average molecular weight is 576 g/mol. The van der Waals surface area contributed by atoms with Crippen LogP contribution in [0.15, 0.2) is 42.7 Å². The highest BCUT2D eigenvalue weighted by molar-refractivity contribution is 7.91. The minimum Gasteiger partial charge on any atom is -0.371 e. The van der Waals surface area contributed by atoms with Gasteiger partial charge in [0.05, 0.1) is 10.8 Å². The number of anilines is 2. The smallest absolute Gasteiger partial charge is 0.279 e. The Morgan fingerprint density at radius 3 is 2.28 bits per heavy atom. The predicted octanol–water partition coefficient (Wildman–Crippen LogP) is 2.55. The van der Waals surface area contributed by atoms with E-state index in [-0.39, 0.29) is 17.3 Å². The standard InChI is InChI=1S/C26H37N7O4S2/c1-31(2)39(36,37)30-20-9-7-19(8-10-20)28-26-27-15-11-25(29-26)33-18-14-22-23(5-4-6-24(22)33)32-16-12-21(13-17-32)38(3,34)35/h4-6,11,14-15,18-21,30H,7-10,12-13,16-17H2,1-3H3,(H,27,28,29)/t19-,20-. The van der Waals surface area contributed by atoms with Crippen LogP contribution in [-0.2, 0) is 20.0 Å². The van der Waals surface area contributed by atoms with Gasteiger partial charge in [-0.1, -0.05) is 6.07 Å². The van der Waals surface area contributed by atoms with Crippen molar-refractivity contribution >= 4 is 42.6 Å². The largest absolute Gasteiger partial charge is 0.371 e. The number of aromatic nitrogens is 3. The summed E-state index contributed by atoms with van der Waals surface area (Å²) in [7, 11) is -3.40. The average Bonchev–Trinajstić information content (AvgIpc) is 3.34. The molecule has 3 aromatic rings. The molecule has 1 saturated carbocycles.